The molecule has 2 aromatic rings. The number of rotatable bonds is 10. The summed E-state index contributed by atoms with van der Waals surface area (Å²) < 4.78 is 0. The molecule has 0 aromatic heterocycles. The quantitative estimate of drug-likeness (QED) is 0.636. The van der Waals surface area contributed by atoms with Crippen LogP contribution in [0.1, 0.15) is 23.7 Å². The summed E-state index contributed by atoms with van der Waals surface area (Å²) in [7, 11) is 5.94. The minimum atomic E-state index is 0.0592. The van der Waals surface area contributed by atoms with E-state index in [9.17, 15) is 9.59 Å². The predicted molar refractivity (Wildman–Crippen MR) is 116 cm³/mol. The van der Waals surface area contributed by atoms with Gasteiger partial charge in [-0.1, -0.05) is 18.2 Å². The fourth-order valence-electron chi connectivity index (χ4n) is 3.05. The Hall–Kier alpha value is -2.44. The van der Waals surface area contributed by atoms with Crippen molar-refractivity contribution in [3.63, 3.8) is 0 Å². The molecule has 1 amide bonds. The Labute approximate surface area is 167 Å². The van der Waals surface area contributed by atoms with Gasteiger partial charge in [0.1, 0.15) is 0 Å². The number of benzene rings is 2. The van der Waals surface area contributed by atoms with E-state index < -0.39 is 0 Å². The number of nitrogens with zero attached hydrogens (tertiary/aromatic N) is 3. The van der Waals surface area contributed by atoms with Crippen molar-refractivity contribution < 1.29 is 9.59 Å². The molecule has 0 radical (unpaired) electrons. The van der Waals surface area contributed by atoms with Crippen molar-refractivity contribution in [3.05, 3.63) is 42.0 Å². The summed E-state index contributed by atoms with van der Waals surface area (Å²) in [5.41, 5.74) is 7.31. The minimum Gasteiger partial charge on any atom is -0.365 e. The van der Waals surface area contributed by atoms with E-state index in [-0.39, 0.29) is 11.7 Å². The van der Waals surface area contributed by atoms with Gasteiger partial charge in [-0.15, -0.1) is 0 Å². The summed E-state index contributed by atoms with van der Waals surface area (Å²) in [6.07, 6.45) is 0.803. The molecule has 0 saturated carbocycles. The van der Waals surface area contributed by atoms with Crippen molar-refractivity contribution >= 4 is 28.2 Å². The number of fused-ring (bicyclic) bond motifs is 1. The number of likely N-dealkylation sites (N-methyl/N-ethyl adjacent to an activating group) is 2. The largest absolute Gasteiger partial charge is 0.365 e. The van der Waals surface area contributed by atoms with E-state index in [1.807, 2.05) is 61.3 Å². The Morgan fingerprint density at radius 2 is 1.61 bits per heavy atom. The van der Waals surface area contributed by atoms with Crippen LogP contribution in [0.3, 0.4) is 0 Å². The number of ketones is 1. The van der Waals surface area contributed by atoms with Gasteiger partial charge >= 0.3 is 0 Å². The predicted octanol–water partition coefficient (Wildman–Crippen LogP) is 2.22. The van der Waals surface area contributed by atoms with E-state index in [1.165, 1.54) is 0 Å². The summed E-state index contributed by atoms with van der Waals surface area (Å²) in [6, 6.07) is 11.7. The molecule has 0 bridgehead atoms. The minimum absolute atomic E-state index is 0.0592. The second kappa shape index (κ2) is 10.2. The van der Waals surface area contributed by atoms with E-state index in [4.69, 9.17) is 5.73 Å². The van der Waals surface area contributed by atoms with E-state index in [2.05, 4.69) is 11.0 Å². The molecule has 0 aliphatic carbocycles. The van der Waals surface area contributed by atoms with Gasteiger partial charge in [-0.2, -0.15) is 0 Å². The van der Waals surface area contributed by atoms with Gasteiger partial charge in [-0.25, -0.2) is 0 Å². The van der Waals surface area contributed by atoms with Crippen molar-refractivity contribution in [1.82, 2.24) is 9.80 Å². The molecule has 152 valence electrons. The Morgan fingerprint density at radius 1 is 0.929 bits per heavy atom. The van der Waals surface area contributed by atoms with Crippen LogP contribution >= 0.6 is 0 Å². The Kier molecular flexibility index (Phi) is 7.96. The highest BCUT2D eigenvalue weighted by molar-refractivity contribution is 5.99. The van der Waals surface area contributed by atoms with Crippen LogP contribution < -0.4 is 10.6 Å². The highest BCUT2D eigenvalue weighted by atomic mass is 16.2. The zero-order valence-corrected chi connectivity index (χ0v) is 17.4. The van der Waals surface area contributed by atoms with Crippen LogP contribution in [0.4, 0.5) is 5.69 Å². The van der Waals surface area contributed by atoms with E-state index in [0.29, 0.717) is 31.7 Å². The van der Waals surface area contributed by atoms with Crippen molar-refractivity contribution in [2.45, 2.75) is 13.3 Å². The SMILES string of the molecule is CC(=O)c1ccc2cc(N(C)CC(=O)N(CCCN)CCN(C)C)ccc2c1. The number of hydrogen-bond donors (Lipinski definition) is 1. The van der Waals surface area contributed by atoms with Gasteiger partial charge in [-0.05, 0) is 63.0 Å². The third-order valence-corrected chi connectivity index (χ3v) is 4.85. The molecular weight excluding hydrogens is 352 g/mol. The second-order valence-electron chi connectivity index (χ2n) is 7.48. The number of carbonyl (C=O) groups is 2. The highest BCUT2D eigenvalue weighted by Gasteiger charge is 2.16. The Bertz CT molecular complexity index is 819. The first-order chi connectivity index (χ1) is 13.3. The molecule has 0 atom stereocenters. The molecule has 0 saturated heterocycles. The first-order valence-electron chi connectivity index (χ1n) is 9.70. The molecular formula is C22H32N4O2. The molecule has 2 rings (SSSR count). The van der Waals surface area contributed by atoms with Gasteiger partial charge in [0.25, 0.3) is 0 Å². The molecule has 6 heteroatoms. The van der Waals surface area contributed by atoms with Crippen LogP contribution in [0, 0.1) is 0 Å². The van der Waals surface area contributed by atoms with Gasteiger partial charge in [0.05, 0.1) is 6.54 Å². The van der Waals surface area contributed by atoms with Gasteiger partial charge < -0.3 is 20.4 Å². The molecule has 0 aliphatic rings. The first-order valence-corrected chi connectivity index (χ1v) is 9.70. The first kappa shape index (κ1) is 21.9. The van der Waals surface area contributed by atoms with Crippen molar-refractivity contribution in [3.8, 4) is 0 Å². The monoisotopic (exact) mass is 384 g/mol. The lowest BCUT2D eigenvalue weighted by molar-refractivity contribution is -0.129. The number of amides is 1. The molecule has 0 aliphatic heterocycles. The number of anilines is 1. The van der Waals surface area contributed by atoms with Gasteiger partial charge in [0.2, 0.25) is 5.91 Å². The van der Waals surface area contributed by atoms with Crippen molar-refractivity contribution in [2.75, 3.05) is 58.8 Å². The standard InChI is InChI=1S/C22H32N4O2/c1-17(27)18-6-7-20-15-21(9-8-19(20)14-18)25(4)16-22(28)26(11-5-10-23)13-12-24(2)3/h6-9,14-15H,5,10-13,16,23H2,1-4H3. The number of Topliss-reactive ketones (excluding diaryl/α,β-unsaturated/α-hetero) is 1. The summed E-state index contributed by atoms with van der Waals surface area (Å²) in [6.45, 7) is 4.67. The molecule has 0 spiro atoms. The second-order valence-corrected chi connectivity index (χ2v) is 7.48. The topological polar surface area (TPSA) is 69.9 Å². The summed E-state index contributed by atoms with van der Waals surface area (Å²) in [5, 5.41) is 2.07. The molecule has 0 unspecified atom stereocenters. The fraction of sp³-hybridized carbons (Fsp3) is 0.455. The number of carbonyl (C=O) groups excluding carboxylic acids is 2. The lowest BCUT2D eigenvalue weighted by Gasteiger charge is -2.27. The number of nitrogens with two attached hydrogens (primary N) is 1. The van der Waals surface area contributed by atoms with E-state index in [1.54, 1.807) is 6.92 Å². The third kappa shape index (κ3) is 6.04. The molecule has 2 aromatic carbocycles. The maximum absolute atomic E-state index is 12.8. The van der Waals surface area contributed by atoms with Gasteiger partial charge in [-0.3, -0.25) is 9.59 Å². The van der Waals surface area contributed by atoms with E-state index >= 15 is 0 Å². The van der Waals surface area contributed by atoms with Gasteiger partial charge in [0, 0.05) is 37.9 Å². The molecule has 0 fully saturated rings. The maximum atomic E-state index is 12.8. The summed E-state index contributed by atoms with van der Waals surface area (Å²) in [4.78, 5) is 30.3. The lowest BCUT2D eigenvalue weighted by Crippen LogP contribution is -2.43. The molecule has 0 heterocycles. The fourth-order valence-corrected chi connectivity index (χ4v) is 3.05. The smallest absolute Gasteiger partial charge is 0.242 e. The molecule has 6 nitrogen and oxygen atoms in total. The Morgan fingerprint density at radius 3 is 2.25 bits per heavy atom. The van der Waals surface area contributed by atoms with Gasteiger partial charge in [0.15, 0.2) is 5.78 Å². The normalized spacial score (nSPS) is 11.1. The van der Waals surface area contributed by atoms with Crippen LogP contribution in [0.15, 0.2) is 36.4 Å². The zero-order valence-electron chi connectivity index (χ0n) is 17.4. The van der Waals surface area contributed by atoms with Crippen molar-refractivity contribution in [2.24, 2.45) is 5.73 Å². The maximum Gasteiger partial charge on any atom is 0.242 e. The zero-order chi connectivity index (χ0) is 20.7. The average molecular weight is 385 g/mol. The summed E-state index contributed by atoms with van der Waals surface area (Å²) in [5.74, 6) is 0.161. The summed E-state index contributed by atoms with van der Waals surface area (Å²) >= 11 is 0. The van der Waals surface area contributed by atoms with Crippen LogP contribution in [0.25, 0.3) is 10.8 Å². The van der Waals surface area contributed by atoms with Crippen LogP contribution in [-0.4, -0.2) is 75.4 Å². The van der Waals surface area contributed by atoms with E-state index in [0.717, 1.165) is 29.4 Å². The van der Waals surface area contributed by atoms with Crippen LogP contribution in [0.2, 0.25) is 0 Å². The van der Waals surface area contributed by atoms with Crippen LogP contribution in [0.5, 0.6) is 0 Å². The third-order valence-electron chi connectivity index (χ3n) is 4.85. The molecule has 28 heavy (non-hydrogen) atoms. The number of hydrogen-bond acceptors (Lipinski definition) is 5. The van der Waals surface area contributed by atoms with Crippen LogP contribution in [-0.2, 0) is 4.79 Å². The highest BCUT2D eigenvalue weighted by Crippen LogP contribution is 2.23. The lowest BCUT2D eigenvalue weighted by atomic mass is 10.0. The molecule has 2 N–H and O–H groups in total. The van der Waals surface area contributed by atoms with Crippen molar-refractivity contribution in [1.29, 1.82) is 0 Å². The Balaban J connectivity index is 2.10. The average Bonchev–Trinajstić information content (AvgIpc) is 2.66.